The Hall–Kier alpha value is -3.04. The number of unbranched alkanes of at least 4 members (excludes halogenated alkanes) is 1. The third-order valence-corrected chi connectivity index (χ3v) is 5.57. The first-order valence-electron chi connectivity index (χ1n) is 11.2. The third-order valence-electron chi connectivity index (χ3n) is 5.57. The SMILES string of the molecule is CCCCC(=O)NCCC(Cc1ccccc1)N(C)C(=O)c1cc(C(F)(F)F)cc(C(F)(F)F)c1. The van der Waals surface area contributed by atoms with E-state index < -0.39 is 41.0 Å². The molecule has 2 aromatic rings. The van der Waals surface area contributed by atoms with Gasteiger partial charge in [-0.15, -0.1) is 0 Å². The topological polar surface area (TPSA) is 49.4 Å². The quantitative estimate of drug-likeness (QED) is 0.399. The van der Waals surface area contributed by atoms with Crippen molar-refractivity contribution in [3.05, 3.63) is 70.8 Å². The van der Waals surface area contributed by atoms with Crippen molar-refractivity contribution in [3.8, 4) is 0 Å². The van der Waals surface area contributed by atoms with Gasteiger partial charge in [0, 0.05) is 31.6 Å². The lowest BCUT2D eigenvalue weighted by molar-refractivity contribution is -0.143. The number of benzene rings is 2. The van der Waals surface area contributed by atoms with E-state index >= 15 is 0 Å². The minimum atomic E-state index is -5.05. The first-order valence-corrected chi connectivity index (χ1v) is 11.2. The highest BCUT2D eigenvalue weighted by Crippen LogP contribution is 2.36. The normalized spacial score (nSPS) is 12.8. The minimum Gasteiger partial charge on any atom is -0.356 e. The van der Waals surface area contributed by atoms with Gasteiger partial charge in [0.1, 0.15) is 0 Å². The molecule has 0 aromatic heterocycles. The fraction of sp³-hybridized carbons (Fsp3) is 0.440. The van der Waals surface area contributed by atoms with Gasteiger partial charge in [0.25, 0.3) is 5.91 Å². The van der Waals surface area contributed by atoms with Crippen LogP contribution in [0.4, 0.5) is 26.3 Å². The smallest absolute Gasteiger partial charge is 0.356 e. The highest BCUT2D eigenvalue weighted by Gasteiger charge is 2.38. The van der Waals surface area contributed by atoms with Gasteiger partial charge in [0.2, 0.25) is 5.91 Å². The van der Waals surface area contributed by atoms with E-state index in [2.05, 4.69) is 5.32 Å². The molecule has 0 radical (unpaired) electrons. The Morgan fingerprint density at radius 3 is 2.03 bits per heavy atom. The summed E-state index contributed by atoms with van der Waals surface area (Å²) in [6.45, 7) is 2.15. The van der Waals surface area contributed by atoms with Crippen molar-refractivity contribution in [1.29, 1.82) is 0 Å². The van der Waals surface area contributed by atoms with Crippen LogP contribution in [0.15, 0.2) is 48.5 Å². The average molecular weight is 502 g/mol. The van der Waals surface area contributed by atoms with Crippen molar-refractivity contribution in [3.63, 3.8) is 0 Å². The zero-order chi connectivity index (χ0) is 26.2. The van der Waals surface area contributed by atoms with Crippen molar-refractivity contribution in [1.82, 2.24) is 10.2 Å². The molecular weight excluding hydrogens is 474 g/mol. The van der Waals surface area contributed by atoms with Crippen LogP contribution in [0.5, 0.6) is 0 Å². The summed E-state index contributed by atoms with van der Waals surface area (Å²) in [5, 5.41) is 2.75. The van der Waals surface area contributed by atoms with Gasteiger partial charge >= 0.3 is 12.4 Å². The molecule has 0 spiro atoms. The second kappa shape index (κ2) is 12.1. The van der Waals surface area contributed by atoms with Gasteiger partial charge in [0.05, 0.1) is 11.1 Å². The Bertz CT molecular complexity index is 957. The van der Waals surface area contributed by atoms with Crippen molar-refractivity contribution in [2.45, 2.75) is 57.4 Å². The van der Waals surface area contributed by atoms with Crippen molar-refractivity contribution < 1.29 is 35.9 Å². The summed E-state index contributed by atoms with van der Waals surface area (Å²) in [6, 6.07) is 9.23. The van der Waals surface area contributed by atoms with Crippen molar-refractivity contribution >= 4 is 11.8 Å². The lowest BCUT2D eigenvalue weighted by Gasteiger charge is -2.29. The minimum absolute atomic E-state index is 0.00986. The molecule has 0 saturated heterocycles. The fourth-order valence-corrected chi connectivity index (χ4v) is 3.57. The average Bonchev–Trinajstić information content (AvgIpc) is 2.80. The predicted molar refractivity (Wildman–Crippen MR) is 120 cm³/mol. The molecular formula is C25H28F6N2O2. The molecule has 0 aliphatic carbocycles. The fourth-order valence-electron chi connectivity index (χ4n) is 3.57. The molecule has 1 N–H and O–H groups in total. The van der Waals surface area contributed by atoms with Gasteiger partial charge in [0.15, 0.2) is 0 Å². The number of nitrogens with zero attached hydrogens (tertiary/aromatic N) is 1. The first-order chi connectivity index (χ1) is 16.3. The number of amides is 2. The van der Waals surface area contributed by atoms with E-state index in [4.69, 9.17) is 0 Å². The molecule has 2 amide bonds. The van der Waals surface area contributed by atoms with Crippen LogP contribution in [-0.2, 0) is 23.6 Å². The zero-order valence-electron chi connectivity index (χ0n) is 19.5. The lowest BCUT2D eigenvalue weighted by Crippen LogP contribution is -2.41. The Kier molecular flexibility index (Phi) is 9.73. The largest absolute Gasteiger partial charge is 0.416 e. The van der Waals surface area contributed by atoms with E-state index in [1.807, 2.05) is 6.92 Å². The second-order valence-corrected chi connectivity index (χ2v) is 8.30. The molecule has 2 rings (SSSR count). The van der Waals surface area contributed by atoms with E-state index in [0.717, 1.165) is 23.3 Å². The molecule has 0 aliphatic heterocycles. The molecule has 10 heteroatoms. The summed E-state index contributed by atoms with van der Waals surface area (Å²) in [6.07, 6.45) is -7.63. The number of rotatable bonds is 10. The Balaban J connectivity index is 2.31. The van der Waals surface area contributed by atoms with Crippen LogP contribution in [0.3, 0.4) is 0 Å². The molecule has 4 nitrogen and oxygen atoms in total. The molecule has 35 heavy (non-hydrogen) atoms. The van der Waals surface area contributed by atoms with E-state index in [0.29, 0.717) is 25.0 Å². The number of likely N-dealkylation sites (N-methyl/N-ethyl adjacent to an activating group) is 1. The Morgan fingerprint density at radius 2 is 1.51 bits per heavy atom. The molecule has 1 atom stereocenters. The maximum atomic E-state index is 13.2. The van der Waals surface area contributed by atoms with Gasteiger partial charge in [-0.2, -0.15) is 26.3 Å². The van der Waals surface area contributed by atoms with Crippen LogP contribution in [0.25, 0.3) is 0 Å². The number of carbonyl (C=O) groups excluding carboxylic acids is 2. The maximum absolute atomic E-state index is 13.2. The van der Waals surface area contributed by atoms with E-state index in [1.165, 1.54) is 7.05 Å². The number of nitrogens with one attached hydrogen (secondary N) is 1. The Labute approximate surface area is 200 Å². The van der Waals surface area contributed by atoms with Gasteiger partial charge in [-0.1, -0.05) is 43.7 Å². The number of alkyl halides is 6. The van der Waals surface area contributed by atoms with Gasteiger partial charge < -0.3 is 10.2 Å². The van der Waals surface area contributed by atoms with Crippen molar-refractivity contribution in [2.24, 2.45) is 0 Å². The summed E-state index contributed by atoms with van der Waals surface area (Å²) in [7, 11) is 1.34. The second-order valence-electron chi connectivity index (χ2n) is 8.30. The number of hydrogen-bond donors (Lipinski definition) is 1. The highest BCUT2D eigenvalue weighted by molar-refractivity contribution is 5.94. The molecule has 0 aliphatic rings. The van der Waals surface area contributed by atoms with Crippen LogP contribution in [0.1, 0.15) is 59.7 Å². The number of carbonyl (C=O) groups is 2. The van der Waals surface area contributed by atoms with E-state index in [9.17, 15) is 35.9 Å². The van der Waals surface area contributed by atoms with Crippen LogP contribution < -0.4 is 5.32 Å². The summed E-state index contributed by atoms with van der Waals surface area (Å²) in [4.78, 5) is 26.1. The summed E-state index contributed by atoms with van der Waals surface area (Å²) in [5.74, 6) is -1.13. The monoisotopic (exact) mass is 502 g/mol. The molecule has 0 fully saturated rings. The van der Waals surface area contributed by atoms with E-state index in [1.54, 1.807) is 30.3 Å². The molecule has 0 saturated carbocycles. The molecule has 0 heterocycles. The summed E-state index contributed by atoms with van der Waals surface area (Å²) < 4.78 is 79.5. The van der Waals surface area contributed by atoms with Gasteiger partial charge in [-0.25, -0.2) is 0 Å². The number of hydrogen-bond acceptors (Lipinski definition) is 2. The molecule has 192 valence electrons. The molecule has 1 unspecified atom stereocenters. The number of halogens is 6. The summed E-state index contributed by atoms with van der Waals surface area (Å²) in [5.41, 5.74) is -2.98. The van der Waals surface area contributed by atoms with Crippen LogP contribution >= 0.6 is 0 Å². The zero-order valence-corrected chi connectivity index (χ0v) is 19.5. The third kappa shape index (κ3) is 8.60. The van der Waals surface area contributed by atoms with Crippen molar-refractivity contribution in [2.75, 3.05) is 13.6 Å². The summed E-state index contributed by atoms with van der Waals surface area (Å²) >= 11 is 0. The van der Waals surface area contributed by atoms with Crippen LogP contribution in [0.2, 0.25) is 0 Å². The van der Waals surface area contributed by atoms with Crippen LogP contribution in [-0.4, -0.2) is 36.3 Å². The lowest BCUT2D eigenvalue weighted by atomic mass is 9.99. The molecule has 0 bridgehead atoms. The Morgan fingerprint density at radius 1 is 0.943 bits per heavy atom. The highest BCUT2D eigenvalue weighted by atomic mass is 19.4. The molecule has 2 aromatic carbocycles. The standard InChI is InChI=1S/C25H28F6N2O2/c1-3-4-10-22(34)32-12-11-21(13-17-8-6-5-7-9-17)33(2)23(35)18-14-19(24(26,27)28)16-20(15-18)25(29,30)31/h5-9,14-16,21H,3-4,10-13H2,1-2H3,(H,32,34). The first kappa shape index (κ1) is 28.2. The van der Waals surface area contributed by atoms with Crippen LogP contribution in [0, 0.1) is 0 Å². The van der Waals surface area contributed by atoms with Gasteiger partial charge in [-0.3, -0.25) is 9.59 Å². The maximum Gasteiger partial charge on any atom is 0.416 e. The van der Waals surface area contributed by atoms with Gasteiger partial charge in [-0.05, 0) is 43.0 Å². The predicted octanol–water partition coefficient (Wildman–Crippen LogP) is 6.10. The van der Waals surface area contributed by atoms with E-state index in [-0.39, 0.29) is 24.9 Å².